The first kappa shape index (κ1) is 28.8. The predicted molar refractivity (Wildman–Crippen MR) is 151 cm³/mol. The highest BCUT2D eigenvalue weighted by Gasteiger charge is 2.32. The van der Waals surface area contributed by atoms with Crippen LogP contribution in [-0.2, 0) is 9.47 Å². The number of carbonyl (C=O) groups excluding carboxylic acids is 1. The van der Waals surface area contributed by atoms with Gasteiger partial charge in [-0.15, -0.1) is 0 Å². The van der Waals surface area contributed by atoms with Crippen molar-refractivity contribution in [3.05, 3.63) is 66.2 Å². The molecule has 0 bridgehead atoms. The molecule has 1 atom stereocenters. The number of likely N-dealkylation sites (tertiary alicyclic amines) is 1. The molecule has 0 unspecified atom stereocenters. The van der Waals surface area contributed by atoms with Gasteiger partial charge in [-0.25, -0.2) is 4.79 Å². The van der Waals surface area contributed by atoms with E-state index in [9.17, 15) is 4.79 Å². The molecular formula is C32H45NO4. The van der Waals surface area contributed by atoms with Crippen molar-refractivity contribution >= 4 is 12.2 Å². The van der Waals surface area contributed by atoms with Gasteiger partial charge in [-0.1, -0.05) is 68.2 Å². The summed E-state index contributed by atoms with van der Waals surface area (Å²) in [7, 11) is 0. The van der Waals surface area contributed by atoms with Gasteiger partial charge in [-0.05, 0) is 82.7 Å². The van der Waals surface area contributed by atoms with E-state index in [1.807, 2.05) is 68.1 Å². The molecule has 3 rings (SSSR count). The summed E-state index contributed by atoms with van der Waals surface area (Å²) in [5.74, 6) is 1.71. The van der Waals surface area contributed by atoms with E-state index in [0.717, 1.165) is 50.3 Å². The van der Waals surface area contributed by atoms with Crippen molar-refractivity contribution in [1.29, 1.82) is 0 Å². The standard InChI is InChI=1S/C32H45NO4/c1-32(2,3)37-31(34)33-24-15-17-28(33)26-35-25-14-9-7-5-4-6-8-11-16-27-20-22-30(23-21-27)36-29-18-12-10-13-19-29/h10-13,16,18-23,28H,4-9,14-15,17,24-26H2,1-3H3/b16-11+/t28-/m0/s1. The Kier molecular flexibility index (Phi) is 12.0. The molecule has 0 aliphatic carbocycles. The van der Waals surface area contributed by atoms with Crippen molar-refractivity contribution in [2.75, 3.05) is 19.8 Å². The molecule has 0 N–H and O–H groups in total. The number of hydrogen-bond donors (Lipinski definition) is 0. The van der Waals surface area contributed by atoms with Crippen molar-refractivity contribution in [3.8, 4) is 11.5 Å². The molecule has 1 aliphatic heterocycles. The van der Waals surface area contributed by atoms with E-state index in [1.165, 1.54) is 37.7 Å². The number of nitrogens with zero attached hydrogens (tertiary/aromatic N) is 1. The molecule has 37 heavy (non-hydrogen) atoms. The highest BCUT2D eigenvalue weighted by molar-refractivity contribution is 5.69. The fraction of sp³-hybridized carbons (Fsp3) is 0.531. The van der Waals surface area contributed by atoms with Crippen LogP contribution in [0.4, 0.5) is 4.79 Å². The second-order valence-corrected chi connectivity index (χ2v) is 10.8. The average molecular weight is 508 g/mol. The average Bonchev–Trinajstić information content (AvgIpc) is 3.34. The monoisotopic (exact) mass is 507 g/mol. The van der Waals surface area contributed by atoms with Crippen LogP contribution >= 0.6 is 0 Å². The lowest BCUT2D eigenvalue weighted by Gasteiger charge is -2.28. The van der Waals surface area contributed by atoms with Crippen molar-refractivity contribution < 1.29 is 19.0 Å². The highest BCUT2D eigenvalue weighted by Crippen LogP contribution is 2.22. The maximum atomic E-state index is 12.4. The second kappa shape index (κ2) is 15.5. The molecule has 1 fully saturated rings. The van der Waals surface area contributed by atoms with Gasteiger partial charge in [0.15, 0.2) is 0 Å². The van der Waals surface area contributed by atoms with E-state index >= 15 is 0 Å². The number of allylic oxidation sites excluding steroid dienone is 1. The molecule has 2 aromatic carbocycles. The lowest BCUT2D eigenvalue weighted by molar-refractivity contribution is 0.0103. The number of carbonyl (C=O) groups is 1. The normalized spacial score (nSPS) is 15.9. The molecule has 2 aromatic rings. The van der Waals surface area contributed by atoms with Gasteiger partial charge < -0.3 is 19.1 Å². The third kappa shape index (κ3) is 11.4. The van der Waals surface area contributed by atoms with Crippen molar-refractivity contribution in [2.24, 2.45) is 0 Å². The molecule has 5 heteroatoms. The number of hydrogen-bond acceptors (Lipinski definition) is 4. The molecule has 5 nitrogen and oxygen atoms in total. The van der Waals surface area contributed by atoms with Crippen LogP contribution in [0.5, 0.6) is 11.5 Å². The van der Waals surface area contributed by atoms with E-state index < -0.39 is 5.60 Å². The minimum atomic E-state index is -0.452. The van der Waals surface area contributed by atoms with Crippen LogP contribution in [0.3, 0.4) is 0 Å². The molecule has 0 saturated carbocycles. The number of ether oxygens (including phenoxy) is 3. The third-order valence-electron chi connectivity index (χ3n) is 6.39. The number of amides is 1. The molecule has 0 spiro atoms. The largest absolute Gasteiger partial charge is 0.457 e. The summed E-state index contributed by atoms with van der Waals surface area (Å²) in [4.78, 5) is 14.2. The fourth-order valence-corrected chi connectivity index (χ4v) is 4.45. The first-order valence-electron chi connectivity index (χ1n) is 14.0. The Hall–Kier alpha value is -2.79. The minimum absolute atomic E-state index is 0.156. The maximum Gasteiger partial charge on any atom is 0.410 e. The van der Waals surface area contributed by atoms with E-state index in [1.54, 1.807) is 0 Å². The summed E-state index contributed by atoms with van der Waals surface area (Å²) in [5.41, 5.74) is 0.749. The van der Waals surface area contributed by atoms with Gasteiger partial charge in [0.2, 0.25) is 0 Å². The summed E-state index contributed by atoms with van der Waals surface area (Å²) in [6.07, 6.45) is 14.7. The van der Waals surface area contributed by atoms with E-state index in [4.69, 9.17) is 14.2 Å². The van der Waals surface area contributed by atoms with E-state index in [0.29, 0.717) is 6.61 Å². The lowest BCUT2D eigenvalue weighted by atomic mass is 10.1. The van der Waals surface area contributed by atoms with Gasteiger partial charge in [-0.2, -0.15) is 0 Å². The molecule has 1 heterocycles. The predicted octanol–water partition coefficient (Wildman–Crippen LogP) is 8.64. The zero-order chi connectivity index (χ0) is 26.3. The van der Waals surface area contributed by atoms with Gasteiger partial charge >= 0.3 is 6.09 Å². The summed E-state index contributed by atoms with van der Waals surface area (Å²) >= 11 is 0. The number of rotatable bonds is 14. The fourth-order valence-electron chi connectivity index (χ4n) is 4.45. The number of unbranched alkanes of at least 4 members (excludes halogenated alkanes) is 6. The van der Waals surface area contributed by atoms with Gasteiger partial charge in [0.1, 0.15) is 17.1 Å². The summed E-state index contributed by atoms with van der Waals surface area (Å²) in [6.45, 7) is 7.89. The van der Waals surface area contributed by atoms with Crippen LogP contribution in [-0.4, -0.2) is 42.4 Å². The minimum Gasteiger partial charge on any atom is -0.457 e. The molecule has 202 valence electrons. The molecule has 0 aromatic heterocycles. The highest BCUT2D eigenvalue weighted by atomic mass is 16.6. The first-order valence-corrected chi connectivity index (χ1v) is 14.0. The Bertz CT molecular complexity index is 934. The summed E-state index contributed by atoms with van der Waals surface area (Å²) in [5, 5.41) is 0. The third-order valence-corrected chi connectivity index (χ3v) is 6.39. The summed E-state index contributed by atoms with van der Waals surface area (Å²) in [6, 6.07) is 18.2. The van der Waals surface area contributed by atoms with Crippen LogP contribution in [0.1, 0.15) is 84.1 Å². The second-order valence-electron chi connectivity index (χ2n) is 10.8. The zero-order valence-corrected chi connectivity index (χ0v) is 23.0. The molecule has 1 amide bonds. The van der Waals surface area contributed by atoms with Gasteiger partial charge in [0.25, 0.3) is 0 Å². The Balaban J connectivity index is 1.17. The van der Waals surface area contributed by atoms with E-state index in [-0.39, 0.29) is 12.1 Å². The Morgan fingerprint density at radius 3 is 2.32 bits per heavy atom. The topological polar surface area (TPSA) is 48.0 Å². The molecule has 1 saturated heterocycles. The molecule has 0 radical (unpaired) electrons. The Morgan fingerprint density at radius 1 is 0.919 bits per heavy atom. The molecular weight excluding hydrogens is 462 g/mol. The molecule has 1 aliphatic rings. The van der Waals surface area contributed by atoms with Gasteiger partial charge in [-0.3, -0.25) is 0 Å². The zero-order valence-electron chi connectivity index (χ0n) is 23.0. The van der Waals surface area contributed by atoms with Crippen LogP contribution in [0.15, 0.2) is 60.7 Å². The first-order chi connectivity index (χ1) is 17.9. The maximum absolute atomic E-state index is 12.4. The smallest absolute Gasteiger partial charge is 0.410 e. The Morgan fingerprint density at radius 2 is 1.59 bits per heavy atom. The van der Waals surface area contributed by atoms with Crippen LogP contribution in [0.25, 0.3) is 6.08 Å². The summed E-state index contributed by atoms with van der Waals surface area (Å²) < 4.78 is 17.3. The van der Waals surface area contributed by atoms with Crippen molar-refractivity contribution in [3.63, 3.8) is 0 Å². The van der Waals surface area contributed by atoms with E-state index in [2.05, 4.69) is 24.3 Å². The van der Waals surface area contributed by atoms with Crippen LogP contribution < -0.4 is 4.74 Å². The quantitative estimate of drug-likeness (QED) is 0.240. The van der Waals surface area contributed by atoms with Crippen LogP contribution in [0, 0.1) is 0 Å². The van der Waals surface area contributed by atoms with Gasteiger partial charge in [0, 0.05) is 13.2 Å². The Labute approximate surface area is 223 Å². The number of benzene rings is 2. The lowest BCUT2D eigenvalue weighted by Crippen LogP contribution is -2.41. The van der Waals surface area contributed by atoms with Crippen molar-refractivity contribution in [1.82, 2.24) is 4.90 Å². The van der Waals surface area contributed by atoms with Gasteiger partial charge in [0.05, 0.1) is 12.6 Å². The van der Waals surface area contributed by atoms with Crippen molar-refractivity contribution in [2.45, 2.75) is 90.2 Å². The van der Waals surface area contributed by atoms with Crippen LogP contribution in [0.2, 0.25) is 0 Å². The number of para-hydroxylation sites is 1. The SMILES string of the molecule is CC(C)(C)OC(=O)N1CCC[C@H]1COCCCCCCCC/C=C/c1ccc(Oc2ccccc2)cc1.